The van der Waals surface area contributed by atoms with Gasteiger partial charge in [0.15, 0.2) is 0 Å². The summed E-state index contributed by atoms with van der Waals surface area (Å²) in [5.74, 6) is 0.225. The molecule has 0 spiro atoms. The van der Waals surface area contributed by atoms with E-state index in [1.54, 1.807) is 0 Å². The normalized spacial score (nSPS) is 14.9. The Morgan fingerprint density at radius 1 is 0.465 bits per heavy atom. The van der Waals surface area contributed by atoms with Crippen LogP contribution in [-0.4, -0.2) is 4.57 Å². The van der Waals surface area contributed by atoms with E-state index in [2.05, 4.69) is 271 Å². The fourth-order valence-corrected chi connectivity index (χ4v) is 13.6. The Balaban J connectivity index is 0.950. The molecule has 336 valence electrons. The number of nitrogens with zero attached hydrogens (tertiary/aromatic N) is 2. The lowest BCUT2D eigenvalue weighted by molar-refractivity contribution is 0.681. The fourth-order valence-electron chi connectivity index (χ4n) is 12.2. The van der Waals surface area contributed by atoms with E-state index in [0.29, 0.717) is 0 Å². The molecule has 0 saturated carbocycles. The minimum absolute atomic E-state index is 0.225. The van der Waals surface area contributed by atoms with E-state index in [0.717, 1.165) is 12.1 Å². The average Bonchev–Trinajstić information content (AvgIpc) is 4.09. The number of fused-ring (bicyclic) bond motifs is 10. The molecule has 2 nitrogen and oxygen atoms in total. The number of para-hydroxylation sites is 2. The van der Waals surface area contributed by atoms with Crippen molar-refractivity contribution in [2.45, 2.75) is 18.8 Å². The van der Waals surface area contributed by atoms with Crippen molar-refractivity contribution in [1.29, 1.82) is 0 Å². The van der Waals surface area contributed by atoms with Crippen LogP contribution < -0.4 is 4.90 Å². The van der Waals surface area contributed by atoms with E-state index in [1.165, 1.54) is 115 Å². The summed E-state index contributed by atoms with van der Waals surface area (Å²) in [5, 5.41) is 5.14. The summed E-state index contributed by atoms with van der Waals surface area (Å²) in [7, 11) is 0. The molecule has 0 radical (unpaired) electrons. The van der Waals surface area contributed by atoms with Gasteiger partial charge in [-0.25, -0.2) is 0 Å². The van der Waals surface area contributed by atoms with Gasteiger partial charge in [0.2, 0.25) is 0 Å². The molecule has 2 aromatic heterocycles. The maximum Gasteiger partial charge on any atom is 0.0714 e. The van der Waals surface area contributed by atoms with Gasteiger partial charge in [-0.3, -0.25) is 0 Å². The molecule has 2 heterocycles. The van der Waals surface area contributed by atoms with Gasteiger partial charge in [0, 0.05) is 54.8 Å². The number of aromatic nitrogens is 1. The number of thiophene rings is 1. The first-order chi connectivity index (χ1) is 35.1. The molecule has 0 saturated heterocycles. The molecule has 14 rings (SSSR count). The van der Waals surface area contributed by atoms with Gasteiger partial charge in [0.05, 0.1) is 26.8 Å². The third-order valence-electron chi connectivity index (χ3n) is 15.3. The van der Waals surface area contributed by atoms with Crippen LogP contribution in [0.2, 0.25) is 0 Å². The molecule has 2 aliphatic rings. The number of allylic oxidation sites excluding steroid dienone is 4. The van der Waals surface area contributed by atoms with Crippen LogP contribution in [0, 0.1) is 5.92 Å². The van der Waals surface area contributed by atoms with Crippen molar-refractivity contribution in [2.24, 2.45) is 5.92 Å². The Kier molecular flexibility index (Phi) is 9.69. The zero-order chi connectivity index (χ0) is 47.0. The van der Waals surface area contributed by atoms with Crippen molar-refractivity contribution in [3.05, 3.63) is 288 Å². The molecule has 71 heavy (non-hydrogen) atoms. The third kappa shape index (κ3) is 6.40. The quantitative estimate of drug-likeness (QED) is 0.147. The van der Waals surface area contributed by atoms with E-state index < -0.39 is 5.41 Å². The van der Waals surface area contributed by atoms with Crippen LogP contribution in [-0.2, 0) is 5.41 Å². The highest BCUT2D eigenvalue weighted by molar-refractivity contribution is 7.27. The molecule has 10 aromatic carbocycles. The summed E-state index contributed by atoms with van der Waals surface area (Å²) in [6.07, 6.45) is 5.71. The smallest absolute Gasteiger partial charge is 0.0714 e. The fraction of sp³-hybridized carbons (Fsp3) is 0.0588. The number of rotatable bonds is 8. The molecule has 0 amide bonds. The third-order valence-corrected chi connectivity index (χ3v) is 16.6. The topological polar surface area (TPSA) is 8.17 Å². The van der Waals surface area contributed by atoms with Crippen molar-refractivity contribution in [3.8, 4) is 27.9 Å². The average molecular weight is 925 g/mol. The Morgan fingerprint density at radius 2 is 1.07 bits per heavy atom. The van der Waals surface area contributed by atoms with E-state index >= 15 is 0 Å². The van der Waals surface area contributed by atoms with E-state index in [9.17, 15) is 0 Å². The van der Waals surface area contributed by atoms with Gasteiger partial charge in [-0.15, -0.1) is 11.3 Å². The second-order valence-corrected chi connectivity index (χ2v) is 20.2. The Bertz CT molecular complexity index is 4030. The standard InChI is InChI=1S/C68H48N2S/c1-45-43-48(49-36-42-63-58(44-49)54-27-15-17-31-62(54)70(63)52-25-12-5-13-26-52)35-41-61(45)69(53-37-33-47(34-38-53)46-19-6-2-7-20-46)64-32-18-29-55-56-39-40-60-65(67(56)71-66(55)64)57-28-14-16-30-59(57)68(60,50-21-8-3-9-22-50)51-23-10-4-11-24-51/h2-42,44-45H,43H2,1H3. The first-order valence-electron chi connectivity index (χ1n) is 24.8. The zero-order valence-electron chi connectivity index (χ0n) is 39.3. The van der Waals surface area contributed by atoms with Gasteiger partial charge < -0.3 is 9.47 Å². The van der Waals surface area contributed by atoms with E-state index in [4.69, 9.17) is 0 Å². The SMILES string of the molecule is CC1CC(c2ccc3c(c2)c2ccccc2n3-c2ccccc2)=CC=C1N(c1ccc(-c2ccccc2)cc1)c1cccc2c1sc1c3c(ccc12)C(c1ccccc1)(c1ccccc1)c1ccccc1-3. The summed E-state index contributed by atoms with van der Waals surface area (Å²) in [6, 6.07) is 89.8. The molecule has 3 heteroatoms. The van der Waals surface area contributed by atoms with Crippen molar-refractivity contribution >= 4 is 70.3 Å². The molecular weight excluding hydrogens is 877 g/mol. The van der Waals surface area contributed by atoms with Gasteiger partial charge in [-0.1, -0.05) is 207 Å². The van der Waals surface area contributed by atoms with Crippen LogP contribution in [0.25, 0.3) is 75.5 Å². The first kappa shape index (κ1) is 41.5. The minimum atomic E-state index is -0.454. The lowest BCUT2D eigenvalue weighted by Gasteiger charge is -2.34. The van der Waals surface area contributed by atoms with Gasteiger partial charge in [0.25, 0.3) is 0 Å². The highest BCUT2D eigenvalue weighted by Crippen LogP contribution is 2.60. The molecule has 2 aliphatic carbocycles. The van der Waals surface area contributed by atoms with Crippen molar-refractivity contribution < 1.29 is 0 Å². The minimum Gasteiger partial charge on any atom is -0.312 e. The van der Waals surface area contributed by atoms with Gasteiger partial charge in [-0.05, 0) is 111 Å². The molecule has 0 N–H and O–H groups in total. The van der Waals surface area contributed by atoms with Gasteiger partial charge >= 0.3 is 0 Å². The zero-order valence-corrected chi connectivity index (χ0v) is 40.2. The molecule has 0 fully saturated rings. The van der Waals surface area contributed by atoms with Crippen LogP contribution in [0.4, 0.5) is 11.4 Å². The lowest BCUT2D eigenvalue weighted by atomic mass is 9.68. The summed E-state index contributed by atoms with van der Waals surface area (Å²) >= 11 is 1.95. The Labute approximate surface area is 418 Å². The maximum absolute atomic E-state index is 2.56. The summed E-state index contributed by atoms with van der Waals surface area (Å²) in [5.41, 5.74) is 19.8. The number of anilines is 2. The van der Waals surface area contributed by atoms with Crippen LogP contribution >= 0.6 is 11.3 Å². The number of hydrogen-bond acceptors (Lipinski definition) is 2. The second kappa shape index (κ2) is 16.6. The van der Waals surface area contributed by atoms with E-state index in [1.807, 2.05) is 11.3 Å². The predicted octanol–water partition coefficient (Wildman–Crippen LogP) is 18.3. The Hall–Kier alpha value is -8.50. The van der Waals surface area contributed by atoms with Crippen molar-refractivity contribution in [3.63, 3.8) is 0 Å². The predicted molar refractivity (Wildman–Crippen MR) is 301 cm³/mol. The highest BCUT2D eigenvalue weighted by atomic mass is 32.1. The molecular formula is C68H48N2S. The maximum atomic E-state index is 2.56. The van der Waals surface area contributed by atoms with Crippen molar-refractivity contribution in [1.82, 2.24) is 4.57 Å². The largest absolute Gasteiger partial charge is 0.312 e. The Morgan fingerprint density at radius 3 is 1.82 bits per heavy atom. The number of benzene rings is 10. The molecule has 0 aliphatic heterocycles. The molecule has 1 atom stereocenters. The summed E-state index contributed by atoms with van der Waals surface area (Å²) in [6.45, 7) is 2.41. The van der Waals surface area contributed by atoms with Crippen molar-refractivity contribution in [2.75, 3.05) is 4.90 Å². The highest BCUT2D eigenvalue weighted by Gasteiger charge is 2.47. The summed E-state index contributed by atoms with van der Waals surface area (Å²) < 4.78 is 5.03. The van der Waals surface area contributed by atoms with E-state index in [-0.39, 0.29) is 5.92 Å². The summed E-state index contributed by atoms with van der Waals surface area (Å²) in [4.78, 5) is 2.56. The van der Waals surface area contributed by atoms with Gasteiger partial charge in [0.1, 0.15) is 0 Å². The molecule has 0 bridgehead atoms. The molecule has 1 unspecified atom stereocenters. The second-order valence-electron chi connectivity index (χ2n) is 19.2. The van der Waals surface area contributed by atoms with Crippen LogP contribution in [0.1, 0.15) is 41.2 Å². The van der Waals surface area contributed by atoms with Crippen LogP contribution in [0.15, 0.2) is 261 Å². The number of hydrogen-bond donors (Lipinski definition) is 0. The molecule has 12 aromatic rings. The van der Waals surface area contributed by atoms with Crippen LogP contribution in [0.3, 0.4) is 0 Å². The van der Waals surface area contributed by atoms with Crippen LogP contribution in [0.5, 0.6) is 0 Å². The monoisotopic (exact) mass is 924 g/mol. The van der Waals surface area contributed by atoms with Gasteiger partial charge in [-0.2, -0.15) is 0 Å². The lowest BCUT2D eigenvalue weighted by Crippen LogP contribution is -2.28. The first-order valence-corrected chi connectivity index (χ1v) is 25.6.